The lowest BCUT2D eigenvalue weighted by atomic mass is 9.51. The summed E-state index contributed by atoms with van der Waals surface area (Å²) in [6, 6.07) is 9.51. The van der Waals surface area contributed by atoms with E-state index in [4.69, 9.17) is 4.74 Å². The molecular weight excluding hydrogens is 512 g/mol. The molecule has 1 amide bonds. The lowest BCUT2D eigenvalue weighted by Crippen LogP contribution is -2.54. The van der Waals surface area contributed by atoms with Gasteiger partial charge in [-0.1, -0.05) is 62.3 Å². The van der Waals surface area contributed by atoms with Gasteiger partial charge >= 0.3 is 5.97 Å². The number of esters is 1. The van der Waals surface area contributed by atoms with Crippen molar-refractivity contribution in [1.82, 2.24) is 10.2 Å². The molecular formula is C35H50N2O4. The lowest BCUT2D eigenvalue weighted by Gasteiger charge is -2.53. The first-order chi connectivity index (χ1) is 19.4. The molecule has 0 aliphatic heterocycles. The summed E-state index contributed by atoms with van der Waals surface area (Å²) in [5, 5.41) is 14.1. The van der Waals surface area contributed by atoms with Crippen LogP contribution in [0.2, 0.25) is 0 Å². The van der Waals surface area contributed by atoms with E-state index in [2.05, 4.69) is 64.2 Å². The monoisotopic (exact) mass is 562 g/mol. The molecule has 0 radical (unpaired) electrons. The number of carbonyl (C=O) groups is 2. The fraction of sp³-hybridized carbons (Fsp3) is 0.657. The standard InChI is InChI=1S/C35H50N2O4/c1-22(37(6)7)31-29(41-23(2)39)20-35(5)28-15-14-27-25(19-26(28)17-18-34(31,35)4)13-16-30(33(27,3)21-38)36-32(40)24-11-9-8-10-12-24/h8-13,17,22,27-31,38H,14-16,18-21H2,1-7H3,(H,36,40). The van der Waals surface area contributed by atoms with Crippen LogP contribution in [0.3, 0.4) is 0 Å². The Balaban J connectivity index is 1.44. The summed E-state index contributed by atoms with van der Waals surface area (Å²) in [4.78, 5) is 27.7. The number of rotatable bonds is 6. The van der Waals surface area contributed by atoms with Gasteiger partial charge in [0.05, 0.1) is 6.61 Å². The molecule has 4 aliphatic rings. The van der Waals surface area contributed by atoms with Gasteiger partial charge in [-0.15, -0.1) is 0 Å². The van der Waals surface area contributed by atoms with Crippen molar-refractivity contribution in [1.29, 1.82) is 0 Å². The van der Waals surface area contributed by atoms with Gasteiger partial charge in [-0.25, -0.2) is 0 Å². The van der Waals surface area contributed by atoms with Gasteiger partial charge in [0.2, 0.25) is 0 Å². The highest BCUT2D eigenvalue weighted by atomic mass is 16.5. The second-order valence-corrected chi connectivity index (χ2v) is 14.3. The Hall–Kier alpha value is -2.44. The summed E-state index contributed by atoms with van der Waals surface area (Å²) in [5.41, 5.74) is 3.14. The lowest BCUT2D eigenvalue weighted by molar-refractivity contribution is -0.150. The van der Waals surface area contributed by atoms with E-state index in [1.54, 1.807) is 6.92 Å². The van der Waals surface area contributed by atoms with Gasteiger partial charge < -0.3 is 20.1 Å². The van der Waals surface area contributed by atoms with Gasteiger partial charge in [0.1, 0.15) is 6.10 Å². The minimum absolute atomic E-state index is 0.00133. The molecule has 9 atom stereocenters. The summed E-state index contributed by atoms with van der Waals surface area (Å²) >= 11 is 0. The van der Waals surface area contributed by atoms with E-state index in [0.717, 1.165) is 38.5 Å². The number of allylic oxidation sites excluding steroid dienone is 3. The first-order valence-electron chi connectivity index (χ1n) is 15.5. The molecule has 0 aromatic heterocycles. The van der Waals surface area contributed by atoms with Crippen LogP contribution in [0.5, 0.6) is 0 Å². The number of fused-ring (bicyclic) bond motifs is 4. The maximum absolute atomic E-state index is 13.1. The van der Waals surface area contributed by atoms with Gasteiger partial charge in [0, 0.05) is 35.9 Å². The maximum Gasteiger partial charge on any atom is 0.302 e. The second-order valence-electron chi connectivity index (χ2n) is 14.3. The third kappa shape index (κ3) is 4.89. The highest BCUT2D eigenvalue weighted by Crippen LogP contribution is 2.69. The number of carbonyl (C=O) groups excluding carboxylic acids is 2. The number of aliphatic hydroxyl groups excluding tert-OH is 1. The Morgan fingerprint density at radius 2 is 1.71 bits per heavy atom. The number of amides is 1. The smallest absolute Gasteiger partial charge is 0.302 e. The molecule has 5 rings (SSSR count). The zero-order valence-electron chi connectivity index (χ0n) is 26.1. The highest BCUT2D eigenvalue weighted by Gasteiger charge is 2.65. The molecule has 0 saturated heterocycles. The van der Waals surface area contributed by atoms with Crippen molar-refractivity contribution in [3.8, 4) is 0 Å². The number of ether oxygens (including phenoxy) is 1. The predicted molar refractivity (Wildman–Crippen MR) is 162 cm³/mol. The van der Waals surface area contributed by atoms with Crippen LogP contribution in [0.25, 0.3) is 0 Å². The first kappa shape index (κ1) is 30.0. The fourth-order valence-corrected chi connectivity index (χ4v) is 9.47. The quantitative estimate of drug-likeness (QED) is 0.340. The van der Waals surface area contributed by atoms with Gasteiger partial charge in [0.25, 0.3) is 5.91 Å². The van der Waals surface area contributed by atoms with Crippen molar-refractivity contribution >= 4 is 11.9 Å². The van der Waals surface area contributed by atoms with Crippen molar-refractivity contribution < 1.29 is 19.4 Å². The van der Waals surface area contributed by atoms with E-state index in [0.29, 0.717) is 11.5 Å². The van der Waals surface area contributed by atoms with Gasteiger partial charge in [-0.2, -0.15) is 0 Å². The SMILES string of the molecule is CC(=O)OC1CC2(C)C3CCC4C(=CCC(NC(=O)c5ccccc5)C4(C)CO)CC3=CCC2(C)C1C(C)N(C)C. The largest absolute Gasteiger partial charge is 0.462 e. The Morgan fingerprint density at radius 1 is 1.05 bits per heavy atom. The average Bonchev–Trinajstić information content (AvgIpc) is 3.04. The fourth-order valence-electron chi connectivity index (χ4n) is 9.47. The highest BCUT2D eigenvalue weighted by molar-refractivity contribution is 5.94. The number of hydrogen-bond acceptors (Lipinski definition) is 5. The van der Waals surface area contributed by atoms with Crippen LogP contribution in [-0.2, 0) is 9.53 Å². The molecule has 0 spiro atoms. The normalized spacial score (nSPS) is 38.9. The Bertz CT molecular complexity index is 1220. The van der Waals surface area contributed by atoms with Crippen molar-refractivity contribution in [3.63, 3.8) is 0 Å². The molecule has 1 aromatic carbocycles. The van der Waals surface area contributed by atoms with E-state index in [1.165, 1.54) is 11.1 Å². The molecule has 2 N–H and O–H groups in total. The van der Waals surface area contributed by atoms with Crippen LogP contribution in [0, 0.1) is 34.0 Å². The number of nitrogens with one attached hydrogen (secondary N) is 1. The van der Waals surface area contributed by atoms with Gasteiger partial charge in [-0.05, 0) is 94.3 Å². The van der Waals surface area contributed by atoms with Crippen molar-refractivity contribution in [2.45, 2.75) is 91.3 Å². The molecule has 2 fully saturated rings. The molecule has 1 aromatic rings. The van der Waals surface area contributed by atoms with E-state index < -0.39 is 5.41 Å². The van der Waals surface area contributed by atoms with Gasteiger partial charge in [-0.3, -0.25) is 9.59 Å². The summed E-state index contributed by atoms with van der Waals surface area (Å²) in [5.74, 6) is 0.568. The molecule has 4 aliphatic carbocycles. The van der Waals surface area contributed by atoms with Crippen LogP contribution in [0.4, 0.5) is 0 Å². The van der Waals surface area contributed by atoms with Crippen LogP contribution in [0.15, 0.2) is 53.6 Å². The molecule has 6 heteroatoms. The van der Waals surface area contributed by atoms with Gasteiger partial charge in [0.15, 0.2) is 0 Å². The average molecular weight is 563 g/mol. The zero-order chi connectivity index (χ0) is 29.7. The molecule has 9 unspecified atom stereocenters. The van der Waals surface area contributed by atoms with E-state index in [1.807, 2.05) is 30.3 Å². The third-order valence-corrected chi connectivity index (χ3v) is 12.2. The van der Waals surface area contributed by atoms with Crippen molar-refractivity contribution in [3.05, 3.63) is 59.2 Å². The van der Waals surface area contributed by atoms with Crippen molar-refractivity contribution in [2.75, 3.05) is 20.7 Å². The third-order valence-electron chi connectivity index (χ3n) is 12.2. The Morgan fingerprint density at radius 3 is 2.34 bits per heavy atom. The predicted octanol–water partition coefficient (Wildman–Crippen LogP) is 5.77. The number of aliphatic hydroxyl groups is 1. The van der Waals surface area contributed by atoms with Crippen LogP contribution >= 0.6 is 0 Å². The molecule has 41 heavy (non-hydrogen) atoms. The number of benzene rings is 1. The number of nitrogens with zero attached hydrogens (tertiary/aromatic N) is 1. The molecule has 0 heterocycles. The molecule has 224 valence electrons. The molecule has 0 bridgehead atoms. The van der Waals surface area contributed by atoms with E-state index in [-0.39, 0.29) is 59.3 Å². The summed E-state index contributed by atoms with van der Waals surface area (Å²) in [6.45, 7) is 10.9. The minimum Gasteiger partial charge on any atom is -0.462 e. The van der Waals surface area contributed by atoms with Crippen LogP contribution in [0.1, 0.15) is 83.5 Å². The van der Waals surface area contributed by atoms with E-state index >= 15 is 0 Å². The Labute approximate surface area is 246 Å². The number of hydrogen-bond donors (Lipinski definition) is 2. The summed E-state index contributed by atoms with van der Waals surface area (Å²) < 4.78 is 6.09. The summed E-state index contributed by atoms with van der Waals surface area (Å²) in [7, 11) is 4.26. The van der Waals surface area contributed by atoms with Crippen LogP contribution in [-0.4, -0.2) is 60.8 Å². The molecule has 2 saturated carbocycles. The Kier molecular flexibility index (Phi) is 8.06. The first-order valence-corrected chi connectivity index (χ1v) is 15.5. The minimum atomic E-state index is -0.440. The van der Waals surface area contributed by atoms with Crippen molar-refractivity contribution in [2.24, 2.45) is 34.0 Å². The second kappa shape index (κ2) is 11.0. The zero-order valence-corrected chi connectivity index (χ0v) is 26.1. The molecule has 6 nitrogen and oxygen atoms in total. The van der Waals surface area contributed by atoms with Crippen LogP contribution < -0.4 is 5.32 Å². The summed E-state index contributed by atoms with van der Waals surface area (Å²) in [6.07, 6.45) is 10.3. The topological polar surface area (TPSA) is 78.9 Å². The van der Waals surface area contributed by atoms with E-state index in [9.17, 15) is 14.7 Å². The maximum atomic E-state index is 13.1.